The molecule has 0 unspecified atom stereocenters. The summed E-state index contributed by atoms with van der Waals surface area (Å²) in [5.74, 6) is 1.05. The molecule has 2 aromatic carbocycles. The Morgan fingerprint density at radius 2 is 1.49 bits per heavy atom. The fraction of sp³-hybridized carbons (Fsp3) is 0.613. The third-order valence-corrected chi connectivity index (χ3v) is 7.54. The van der Waals surface area contributed by atoms with E-state index >= 15 is 0 Å². The predicted octanol–water partition coefficient (Wildman–Crippen LogP) is 9.76. The van der Waals surface area contributed by atoms with Gasteiger partial charge in [0, 0.05) is 0 Å². The van der Waals surface area contributed by atoms with Crippen LogP contribution in [0.5, 0.6) is 0 Å². The van der Waals surface area contributed by atoms with Crippen molar-refractivity contribution in [2.45, 2.75) is 116 Å². The molecule has 1 aliphatic carbocycles. The summed E-state index contributed by atoms with van der Waals surface area (Å²) in [7, 11) is 0. The third-order valence-electron chi connectivity index (χ3n) is 7.54. The molecule has 1 fully saturated rings. The molecule has 194 valence electrons. The Labute approximate surface area is 210 Å². The van der Waals surface area contributed by atoms with Gasteiger partial charge in [-0.2, -0.15) is 8.78 Å². The van der Waals surface area contributed by atoms with E-state index in [-0.39, 0.29) is 12.2 Å². The zero-order valence-electron chi connectivity index (χ0n) is 21.6. The Morgan fingerprint density at radius 3 is 2.14 bits per heavy atom. The monoisotopic (exact) mass is 488 g/mol. The molecule has 0 radical (unpaired) electrons. The van der Waals surface area contributed by atoms with E-state index in [4.69, 9.17) is 4.74 Å². The Balaban J connectivity index is 1.45. The molecule has 1 saturated carbocycles. The first-order valence-electron chi connectivity index (χ1n) is 13.8. The van der Waals surface area contributed by atoms with E-state index in [9.17, 15) is 13.2 Å². The van der Waals surface area contributed by atoms with Gasteiger partial charge in [-0.25, -0.2) is 4.39 Å². The molecule has 0 saturated heterocycles. The average molecular weight is 489 g/mol. The summed E-state index contributed by atoms with van der Waals surface area (Å²) in [5.41, 5.74) is 2.89. The zero-order chi connectivity index (χ0) is 25.1. The first-order valence-corrected chi connectivity index (χ1v) is 13.8. The number of hydrogen-bond donors (Lipinski definition) is 0. The van der Waals surface area contributed by atoms with Crippen molar-refractivity contribution in [3.05, 3.63) is 70.5 Å². The van der Waals surface area contributed by atoms with Crippen molar-refractivity contribution in [2.24, 2.45) is 5.92 Å². The number of unbranched alkanes of at least 4 members (excludes halogenated alkanes) is 4. The summed E-state index contributed by atoms with van der Waals surface area (Å²) in [5, 5.41) is 0. The van der Waals surface area contributed by atoms with Crippen molar-refractivity contribution in [3.63, 3.8) is 0 Å². The van der Waals surface area contributed by atoms with Crippen molar-refractivity contribution in [3.8, 4) is 0 Å². The molecule has 4 heteroatoms. The smallest absolute Gasteiger partial charge is 0.315 e. The van der Waals surface area contributed by atoms with Crippen LogP contribution in [-0.4, -0.2) is 6.11 Å². The minimum atomic E-state index is -3.34. The van der Waals surface area contributed by atoms with Crippen LogP contribution in [0.4, 0.5) is 13.2 Å². The summed E-state index contributed by atoms with van der Waals surface area (Å²) < 4.78 is 48.2. The lowest BCUT2D eigenvalue weighted by molar-refractivity contribution is -0.244. The quantitative estimate of drug-likeness (QED) is 0.240. The van der Waals surface area contributed by atoms with Gasteiger partial charge in [-0.15, -0.1) is 0 Å². The number of benzene rings is 2. The summed E-state index contributed by atoms with van der Waals surface area (Å²) in [6.07, 6.45) is 10.0. The minimum Gasteiger partial charge on any atom is -0.315 e. The molecule has 35 heavy (non-hydrogen) atoms. The first kappa shape index (κ1) is 27.8. The summed E-state index contributed by atoms with van der Waals surface area (Å²) in [4.78, 5) is 0. The topological polar surface area (TPSA) is 9.23 Å². The Kier molecular flexibility index (Phi) is 11.2. The normalized spacial score (nSPS) is 18.7. The Bertz CT molecular complexity index is 869. The van der Waals surface area contributed by atoms with Gasteiger partial charge in [-0.1, -0.05) is 88.8 Å². The summed E-state index contributed by atoms with van der Waals surface area (Å²) >= 11 is 0. The van der Waals surface area contributed by atoms with Crippen LogP contribution in [0.15, 0.2) is 42.5 Å². The second-order valence-electron chi connectivity index (χ2n) is 10.4. The number of halogens is 3. The molecular formula is C31H43F3O. The van der Waals surface area contributed by atoms with E-state index in [1.807, 2.05) is 12.1 Å². The number of ether oxygens (including phenoxy) is 1. The molecule has 0 aliphatic heterocycles. The van der Waals surface area contributed by atoms with Crippen LogP contribution in [0.1, 0.15) is 113 Å². The molecule has 0 spiro atoms. The Morgan fingerprint density at radius 1 is 0.829 bits per heavy atom. The lowest BCUT2D eigenvalue weighted by Crippen LogP contribution is -2.24. The van der Waals surface area contributed by atoms with E-state index in [2.05, 4.69) is 26.0 Å². The maximum Gasteiger partial charge on any atom is 0.360 e. The molecule has 1 aliphatic rings. The van der Waals surface area contributed by atoms with E-state index in [0.29, 0.717) is 17.9 Å². The lowest BCUT2D eigenvalue weighted by atomic mass is 9.77. The zero-order valence-corrected chi connectivity index (χ0v) is 21.6. The SMILES string of the molecule is CCCCCc1ccc(CC(F)(F)OCc2ccc(C3CCC(CCCCC)CC3)cc2)cc1F. The van der Waals surface area contributed by atoms with Gasteiger partial charge in [0.2, 0.25) is 0 Å². The molecule has 0 atom stereocenters. The van der Waals surface area contributed by atoms with E-state index < -0.39 is 18.3 Å². The number of hydrogen-bond acceptors (Lipinski definition) is 1. The molecular weight excluding hydrogens is 445 g/mol. The van der Waals surface area contributed by atoms with Gasteiger partial charge in [0.15, 0.2) is 0 Å². The molecule has 1 nitrogen and oxygen atoms in total. The maximum absolute atomic E-state index is 14.4. The van der Waals surface area contributed by atoms with Crippen molar-refractivity contribution in [1.82, 2.24) is 0 Å². The lowest BCUT2D eigenvalue weighted by Gasteiger charge is -2.29. The summed E-state index contributed by atoms with van der Waals surface area (Å²) in [6, 6.07) is 12.4. The van der Waals surface area contributed by atoms with E-state index in [1.54, 1.807) is 12.1 Å². The second kappa shape index (κ2) is 14.1. The minimum absolute atomic E-state index is 0.158. The number of rotatable bonds is 14. The fourth-order valence-corrected chi connectivity index (χ4v) is 5.30. The van der Waals surface area contributed by atoms with Crippen molar-refractivity contribution < 1.29 is 17.9 Å². The maximum atomic E-state index is 14.4. The van der Waals surface area contributed by atoms with Gasteiger partial charge >= 0.3 is 6.11 Å². The summed E-state index contributed by atoms with van der Waals surface area (Å²) in [6.45, 7) is 4.19. The molecule has 0 amide bonds. The van der Waals surface area contributed by atoms with Gasteiger partial charge in [-0.3, -0.25) is 0 Å². The van der Waals surface area contributed by atoms with Crippen LogP contribution in [-0.2, 0) is 24.2 Å². The third kappa shape index (κ3) is 9.29. The van der Waals surface area contributed by atoms with Crippen LogP contribution >= 0.6 is 0 Å². The molecule has 2 aromatic rings. The highest BCUT2D eigenvalue weighted by Gasteiger charge is 2.31. The van der Waals surface area contributed by atoms with Crippen LogP contribution in [0.3, 0.4) is 0 Å². The van der Waals surface area contributed by atoms with Crippen LogP contribution in [0.2, 0.25) is 0 Å². The molecule has 0 bridgehead atoms. The molecule has 0 N–H and O–H groups in total. The van der Waals surface area contributed by atoms with Gasteiger partial charge < -0.3 is 4.74 Å². The van der Waals surface area contributed by atoms with Crippen molar-refractivity contribution in [1.29, 1.82) is 0 Å². The van der Waals surface area contributed by atoms with Crippen molar-refractivity contribution in [2.75, 3.05) is 0 Å². The molecule has 0 heterocycles. The van der Waals surface area contributed by atoms with E-state index in [0.717, 1.165) is 30.7 Å². The van der Waals surface area contributed by atoms with Gasteiger partial charge in [0.05, 0.1) is 13.0 Å². The standard InChI is InChI=1S/C31H43F3O/c1-3-5-7-9-24-11-16-27(17-12-24)28-18-13-25(14-19-28)23-35-31(33,34)22-26-15-20-29(30(32)21-26)10-8-6-4-2/h13-15,18-21,24,27H,3-12,16-17,22-23H2,1-2H3. The van der Waals surface area contributed by atoms with Gasteiger partial charge in [0.1, 0.15) is 5.82 Å². The van der Waals surface area contributed by atoms with Crippen molar-refractivity contribution >= 4 is 0 Å². The largest absolute Gasteiger partial charge is 0.360 e. The van der Waals surface area contributed by atoms with Crippen LogP contribution in [0, 0.1) is 11.7 Å². The highest BCUT2D eigenvalue weighted by molar-refractivity contribution is 5.26. The second-order valence-corrected chi connectivity index (χ2v) is 10.4. The molecule has 0 aromatic heterocycles. The highest BCUT2D eigenvalue weighted by Crippen LogP contribution is 2.38. The first-order chi connectivity index (χ1) is 16.9. The highest BCUT2D eigenvalue weighted by atomic mass is 19.3. The molecule has 3 rings (SSSR count). The average Bonchev–Trinajstić information content (AvgIpc) is 2.85. The van der Waals surface area contributed by atoms with Gasteiger partial charge in [-0.05, 0) is 78.7 Å². The fourth-order valence-electron chi connectivity index (χ4n) is 5.30. The predicted molar refractivity (Wildman–Crippen MR) is 138 cm³/mol. The Hall–Kier alpha value is -1.81. The number of aryl methyl sites for hydroxylation is 1. The van der Waals surface area contributed by atoms with Crippen LogP contribution in [0.25, 0.3) is 0 Å². The van der Waals surface area contributed by atoms with E-state index in [1.165, 1.54) is 63.0 Å². The van der Waals surface area contributed by atoms with Crippen LogP contribution < -0.4 is 0 Å². The van der Waals surface area contributed by atoms with Gasteiger partial charge in [0.25, 0.3) is 0 Å². The number of alkyl halides is 2.